The molecule has 150 valence electrons. The Hall–Kier alpha value is -3.93. The molecule has 0 aliphatic heterocycles. The van der Waals surface area contributed by atoms with E-state index in [4.69, 9.17) is 14.7 Å². The van der Waals surface area contributed by atoms with Gasteiger partial charge in [-0.2, -0.15) is 0 Å². The summed E-state index contributed by atoms with van der Waals surface area (Å²) in [5.41, 5.74) is 3.02. The van der Waals surface area contributed by atoms with E-state index in [1.54, 1.807) is 12.4 Å². The van der Waals surface area contributed by atoms with Gasteiger partial charge < -0.3 is 15.4 Å². The highest BCUT2D eigenvalue weighted by atomic mass is 16.5. The lowest BCUT2D eigenvalue weighted by Crippen LogP contribution is -2.05. The van der Waals surface area contributed by atoms with E-state index in [-0.39, 0.29) is 0 Å². The van der Waals surface area contributed by atoms with Crippen LogP contribution in [0, 0.1) is 0 Å². The van der Waals surface area contributed by atoms with E-state index in [1.165, 1.54) is 0 Å². The van der Waals surface area contributed by atoms with Gasteiger partial charge in [-0.25, -0.2) is 9.97 Å². The number of hydrogen-bond donors (Lipinski definition) is 2. The molecule has 0 aliphatic carbocycles. The first-order valence-corrected chi connectivity index (χ1v) is 9.87. The summed E-state index contributed by atoms with van der Waals surface area (Å²) < 4.78 is 5.51. The summed E-state index contributed by atoms with van der Waals surface area (Å²) in [6.07, 6.45) is 3.57. The van der Waals surface area contributed by atoms with Crippen LogP contribution in [0.2, 0.25) is 0 Å². The van der Waals surface area contributed by atoms with Gasteiger partial charge in [0.25, 0.3) is 0 Å². The molecule has 0 saturated carbocycles. The summed E-state index contributed by atoms with van der Waals surface area (Å²) in [6.45, 7) is 3.26. The zero-order valence-corrected chi connectivity index (χ0v) is 16.7. The average Bonchev–Trinajstić information content (AvgIpc) is 2.80. The Labute approximate surface area is 176 Å². The Balaban J connectivity index is 1.59. The molecule has 0 fully saturated rings. The molecular formula is C24H23N5O. The third kappa shape index (κ3) is 5.11. The highest BCUT2D eigenvalue weighted by Gasteiger charge is 2.08. The van der Waals surface area contributed by atoms with E-state index in [0.29, 0.717) is 24.8 Å². The second-order valence-electron chi connectivity index (χ2n) is 6.62. The molecule has 2 aromatic carbocycles. The fraction of sp³-hybridized carbons (Fsp3) is 0.125. The molecule has 2 aromatic heterocycles. The lowest BCUT2D eigenvalue weighted by molar-refractivity contribution is 0.340. The van der Waals surface area contributed by atoms with Crippen LogP contribution in [0.3, 0.4) is 0 Å². The van der Waals surface area contributed by atoms with Gasteiger partial charge in [-0.1, -0.05) is 30.3 Å². The van der Waals surface area contributed by atoms with E-state index in [0.717, 1.165) is 28.4 Å². The summed E-state index contributed by atoms with van der Waals surface area (Å²) in [7, 11) is 0. The van der Waals surface area contributed by atoms with Crippen molar-refractivity contribution in [3.63, 3.8) is 0 Å². The molecule has 0 atom stereocenters. The van der Waals surface area contributed by atoms with Crippen LogP contribution in [0.15, 0.2) is 85.2 Å². The van der Waals surface area contributed by atoms with E-state index in [1.807, 2.05) is 79.7 Å². The summed E-state index contributed by atoms with van der Waals surface area (Å²) >= 11 is 0. The van der Waals surface area contributed by atoms with Crippen molar-refractivity contribution < 1.29 is 4.74 Å². The first-order chi connectivity index (χ1) is 14.8. The number of pyridine rings is 1. The topological polar surface area (TPSA) is 72.0 Å². The Morgan fingerprint density at radius 2 is 1.57 bits per heavy atom. The zero-order valence-electron chi connectivity index (χ0n) is 16.7. The van der Waals surface area contributed by atoms with Crippen molar-refractivity contribution in [2.45, 2.75) is 13.5 Å². The molecule has 4 rings (SSSR count). The Bertz CT molecular complexity index is 1070. The number of rotatable bonds is 8. The largest absolute Gasteiger partial charge is 0.494 e. The second kappa shape index (κ2) is 9.52. The Morgan fingerprint density at radius 3 is 2.30 bits per heavy atom. The summed E-state index contributed by atoms with van der Waals surface area (Å²) in [4.78, 5) is 13.5. The lowest BCUT2D eigenvalue weighted by Gasteiger charge is -2.12. The predicted molar refractivity (Wildman–Crippen MR) is 120 cm³/mol. The predicted octanol–water partition coefficient (Wildman–Crippen LogP) is 5.29. The van der Waals surface area contributed by atoms with E-state index < -0.39 is 0 Å². The molecule has 2 heterocycles. The van der Waals surface area contributed by atoms with Gasteiger partial charge in [0, 0.05) is 36.3 Å². The number of anilines is 3. The molecule has 0 unspecified atom stereocenters. The van der Waals surface area contributed by atoms with Crippen LogP contribution >= 0.6 is 0 Å². The summed E-state index contributed by atoms with van der Waals surface area (Å²) in [5.74, 6) is 2.96. The van der Waals surface area contributed by atoms with Crippen LogP contribution < -0.4 is 15.4 Å². The fourth-order valence-electron chi connectivity index (χ4n) is 2.96. The molecular weight excluding hydrogens is 374 g/mol. The van der Waals surface area contributed by atoms with Crippen molar-refractivity contribution in [2.24, 2.45) is 0 Å². The van der Waals surface area contributed by atoms with Gasteiger partial charge in [0.15, 0.2) is 5.82 Å². The third-order valence-corrected chi connectivity index (χ3v) is 4.42. The van der Waals surface area contributed by atoms with Crippen molar-refractivity contribution in [3.8, 4) is 17.1 Å². The minimum absolute atomic E-state index is 0.644. The summed E-state index contributed by atoms with van der Waals surface area (Å²) in [5, 5.41) is 6.75. The number of nitrogens with one attached hydrogen (secondary N) is 2. The van der Waals surface area contributed by atoms with Crippen molar-refractivity contribution in [1.82, 2.24) is 15.0 Å². The van der Waals surface area contributed by atoms with Gasteiger partial charge in [0.05, 0.1) is 6.61 Å². The third-order valence-electron chi connectivity index (χ3n) is 4.42. The highest BCUT2D eigenvalue weighted by molar-refractivity contribution is 5.65. The standard InChI is InChI=1S/C24H23N5O/c1-2-30-21-10-8-20(9-11-21)27-23-16-22(26-17-18-12-14-25-15-13-18)28-24(29-23)19-6-4-3-5-7-19/h3-16H,2,17H2,1H3,(H2,26,27,28,29). The van der Waals surface area contributed by atoms with E-state index >= 15 is 0 Å². The normalized spacial score (nSPS) is 10.4. The highest BCUT2D eigenvalue weighted by Crippen LogP contribution is 2.24. The van der Waals surface area contributed by atoms with Gasteiger partial charge in [-0.15, -0.1) is 0 Å². The maximum atomic E-state index is 5.51. The van der Waals surface area contributed by atoms with Crippen LogP contribution in [0.25, 0.3) is 11.4 Å². The van der Waals surface area contributed by atoms with Crippen molar-refractivity contribution in [3.05, 3.63) is 90.8 Å². The number of ether oxygens (including phenoxy) is 1. The van der Waals surface area contributed by atoms with E-state index in [2.05, 4.69) is 15.6 Å². The molecule has 0 bridgehead atoms. The molecule has 0 spiro atoms. The quantitative estimate of drug-likeness (QED) is 0.421. The SMILES string of the molecule is CCOc1ccc(Nc2cc(NCc3ccncc3)nc(-c3ccccc3)n2)cc1. The zero-order chi connectivity index (χ0) is 20.6. The van der Waals surface area contributed by atoms with Crippen molar-refractivity contribution in [1.29, 1.82) is 0 Å². The molecule has 0 amide bonds. The van der Waals surface area contributed by atoms with E-state index in [9.17, 15) is 0 Å². The van der Waals surface area contributed by atoms with Crippen LogP contribution in [0.1, 0.15) is 12.5 Å². The van der Waals surface area contributed by atoms with Gasteiger partial charge in [0.2, 0.25) is 0 Å². The molecule has 0 saturated heterocycles. The number of hydrogen-bond acceptors (Lipinski definition) is 6. The Morgan fingerprint density at radius 1 is 0.833 bits per heavy atom. The minimum atomic E-state index is 0.644. The van der Waals surface area contributed by atoms with Crippen molar-refractivity contribution in [2.75, 3.05) is 17.2 Å². The first kappa shape index (κ1) is 19.4. The monoisotopic (exact) mass is 397 g/mol. The first-order valence-electron chi connectivity index (χ1n) is 9.87. The maximum absolute atomic E-state index is 5.51. The molecule has 4 aromatic rings. The molecule has 6 heteroatoms. The fourth-order valence-corrected chi connectivity index (χ4v) is 2.96. The summed E-state index contributed by atoms with van der Waals surface area (Å²) in [6, 6.07) is 23.6. The van der Waals surface area contributed by atoms with Gasteiger partial charge >= 0.3 is 0 Å². The molecule has 6 nitrogen and oxygen atoms in total. The smallest absolute Gasteiger partial charge is 0.163 e. The number of benzene rings is 2. The van der Waals surface area contributed by atoms with Gasteiger partial charge in [0.1, 0.15) is 17.4 Å². The Kier molecular flexibility index (Phi) is 6.15. The molecule has 2 N–H and O–H groups in total. The van der Waals surface area contributed by atoms with Gasteiger partial charge in [-0.3, -0.25) is 4.98 Å². The maximum Gasteiger partial charge on any atom is 0.163 e. The molecule has 0 radical (unpaired) electrons. The average molecular weight is 397 g/mol. The lowest BCUT2D eigenvalue weighted by atomic mass is 10.2. The minimum Gasteiger partial charge on any atom is -0.494 e. The van der Waals surface area contributed by atoms with Crippen LogP contribution in [-0.2, 0) is 6.54 Å². The molecule has 0 aliphatic rings. The van der Waals surface area contributed by atoms with Crippen LogP contribution in [0.4, 0.5) is 17.3 Å². The van der Waals surface area contributed by atoms with Crippen LogP contribution in [-0.4, -0.2) is 21.6 Å². The van der Waals surface area contributed by atoms with Crippen molar-refractivity contribution >= 4 is 17.3 Å². The second-order valence-corrected chi connectivity index (χ2v) is 6.62. The number of aromatic nitrogens is 3. The van der Waals surface area contributed by atoms with Gasteiger partial charge in [-0.05, 0) is 48.9 Å². The molecule has 30 heavy (non-hydrogen) atoms. The number of nitrogens with zero attached hydrogens (tertiary/aromatic N) is 3. The van der Waals surface area contributed by atoms with Crippen LogP contribution in [0.5, 0.6) is 5.75 Å².